The molecular weight excluding hydrogens is 478 g/mol. The van der Waals surface area contributed by atoms with Crippen LogP contribution in [0.1, 0.15) is 60.3 Å². The number of hydrogen-bond donors (Lipinski definition) is 2. The number of nitrogens with zero attached hydrogens (tertiary/aromatic N) is 4. The van der Waals surface area contributed by atoms with Gasteiger partial charge < -0.3 is 20.2 Å². The number of aliphatic hydroxyl groups is 1. The second kappa shape index (κ2) is 8.77. The van der Waals surface area contributed by atoms with Crippen LogP contribution >= 0.6 is 27.3 Å². The predicted octanol–water partition coefficient (Wildman–Crippen LogP) is 3.03. The summed E-state index contributed by atoms with van der Waals surface area (Å²) in [5, 5.41) is 13.8. The monoisotopic (exact) mass is 505 g/mol. The fourth-order valence-corrected chi connectivity index (χ4v) is 6.86. The van der Waals surface area contributed by atoms with E-state index in [4.69, 9.17) is 0 Å². The summed E-state index contributed by atoms with van der Waals surface area (Å²) in [6.07, 6.45) is 3.92. The smallest absolute Gasteiger partial charge is 0.232 e. The van der Waals surface area contributed by atoms with E-state index in [1.54, 1.807) is 17.7 Å². The number of nitrogens with one attached hydrogen (secondary N) is 1. The third kappa shape index (κ3) is 4.01. The van der Waals surface area contributed by atoms with Gasteiger partial charge in [-0.05, 0) is 59.8 Å². The highest BCUT2D eigenvalue weighted by Crippen LogP contribution is 2.43. The van der Waals surface area contributed by atoms with Gasteiger partial charge in [0.2, 0.25) is 5.91 Å². The van der Waals surface area contributed by atoms with Crippen LogP contribution < -0.4 is 10.2 Å². The average Bonchev–Trinajstić information content (AvgIpc) is 3.51. The lowest BCUT2D eigenvalue weighted by molar-refractivity contribution is -0.133. The fourth-order valence-electron chi connectivity index (χ4n) is 5.27. The van der Waals surface area contributed by atoms with Gasteiger partial charge in [-0.15, -0.1) is 11.3 Å². The van der Waals surface area contributed by atoms with Crippen LogP contribution in [0.2, 0.25) is 0 Å². The van der Waals surface area contributed by atoms with E-state index in [0.29, 0.717) is 19.5 Å². The van der Waals surface area contributed by atoms with Crippen molar-refractivity contribution in [2.45, 2.75) is 50.2 Å². The fraction of sp³-hybridized carbons (Fsp3) is 0.591. The zero-order valence-corrected chi connectivity index (χ0v) is 20.0. The molecule has 0 spiro atoms. The van der Waals surface area contributed by atoms with E-state index >= 15 is 0 Å². The van der Waals surface area contributed by atoms with Crippen molar-refractivity contribution >= 4 is 39.0 Å². The Bertz CT molecular complexity index is 955. The van der Waals surface area contributed by atoms with Crippen molar-refractivity contribution in [2.24, 2.45) is 0 Å². The largest absolute Gasteiger partial charge is 0.387 e. The van der Waals surface area contributed by atoms with Gasteiger partial charge in [0, 0.05) is 42.7 Å². The second-order valence-corrected chi connectivity index (χ2v) is 11.3. The Balaban J connectivity index is 1.32. The van der Waals surface area contributed by atoms with Gasteiger partial charge in [-0.25, -0.2) is 9.97 Å². The Kier molecular flexibility index (Phi) is 6.02. The molecule has 4 heterocycles. The third-order valence-electron chi connectivity index (χ3n) is 6.84. The van der Waals surface area contributed by atoms with Crippen molar-refractivity contribution in [1.29, 1.82) is 0 Å². The Morgan fingerprint density at radius 2 is 2.10 bits per heavy atom. The quantitative estimate of drug-likeness (QED) is 0.664. The van der Waals surface area contributed by atoms with Crippen LogP contribution in [0.4, 0.5) is 5.82 Å². The molecule has 0 aromatic carbocycles. The summed E-state index contributed by atoms with van der Waals surface area (Å²) in [6, 6.07) is 4.34. The zero-order chi connectivity index (χ0) is 21.5. The molecule has 2 aromatic heterocycles. The van der Waals surface area contributed by atoms with Crippen molar-refractivity contribution in [3.8, 4) is 0 Å². The molecule has 3 aliphatic rings. The molecule has 5 rings (SSSR count). The number of carbonyl (C=O) groups is 1. The van der Waals surface area contributed by atoms with Crippen LogP contribution in [0, 0.1) is 0 Å². The van der Waals surface area contributed by atoms with Crippen molar-refractivity contribution in [1.82, 2.24) is 20.2 Å². The molecule has 166 valence electrons. The first-order valence-electron chi connectivity index (χ1n) is 11.1. The zero-order valence-electron chi connectivity index (χ0n) is 17.6. The maximum absolute atomic E-state index is 13.6. The minimum absolute atomic E-state index is 0.121. The van der Waals surface area contributed by atoms with Crippen molar-refractivity contribution in [2.75, 3.05) is 37.6 Å². The minimum Gasteiger partial charge on any atom is -0.387 e. The van der Waals surface area contributed by atoms with Crippen LogP contribution in [-0.2, 0) is 4.79 Å². The van der Waals surface area contributed by atoms with E-state index in [-0.39, 0.29) is 23.8 Å². The summed E-state index contributed by atoms with van der Waals surface area (Å²) in [5.74, 6) is 1.28. The first-order valence-corrected chi connectivity index (χ1v) is 12.7. The van der Waals surface area contributed by atoms with Gasteiger partial charge in [-0.3, -0.25) is 4.79 Å². The van der Waals surface area contributed by atoms with Crippen LogP contribution in [0.15, 0.2) is 22.2 Å². The molecule has 0 bridgehead atoms. The molecule has 1 unspecified atom stereocenters. The number of thiophene rings is 1. The lowest BCUT2D eigenvalue weighted by atomic mass is 9.94. The highest BCUT2D eigenvalue weighted by atomic mass is 79.9. The summed E-state index contributed by atoms with van der Waals surface area (Å²) in [6.45, 7) is 5.97. The summed E-state index contributed by atoms with van der Waals surface area (Å²) >= 11 is 5.22. The summed E-state index contributed by atoms with van der Waals surface area (Å²) < 4.78 is 1.07. The number of aliphatic hydroxyl groups excluding tert-OH is 1. The van der Waals surface area contributed by atoms with Gasteiger partial charge >= 0.3 is 0 Å². The molecule has 1 aliphatic carbocycles. The van der Waals surface area contributed by atoms with Crippen LogP contribution in [0.5, 0.6) is 0 Å². The van der Waals surface area contributed by atoms with Crippen LogP contribution in [0.3, 0.4) is 0 Å². The van der Waals surface area contributed by atoms with Gasteiger partial charge in [0.05, 0.1) is 21.5 Å². The number of amides is 1. The number of aromatic nitrogens is 2. The average molecular weight is 506 g/mol. The Labute approximate surface area is 195 Å². The Hall–Kier alpha value is -1.55. The minimum atomic E-state index is -0.501. The topological polar surface area (TPSA) is 81.6 Å². The number of rotatable bonds is 4. The molecule has 2 aliphatic heterocycles. The lowest BCUT2D eigenvalue weighted by Crippen LogP contribution is -2.52. The van der Waals surface area contributed by atoms with Gasteiger partial charge in [-0.2, -0.15) is 0 Å². The molecule has 1 amide bonds. The van der Waals surface area contributed by atoms with Crippen molar-refractivity contribution in [3.63, 3.8) is 0 Å². The molecule has 2 N–H and O–H groups in total. The summed E-state index contributed by atoms with van der Waals surface area (Å²) in [7, 11) is 0. The third-order valence-corrected chi connectivity index (χ3v) is 8.54. The van der Waals surface area contributed by atoms with E-state index < -0.39 is 6.10 Å². The van der Waals surface area contributed by atoms with Gasteiger partial charge in [0.1, 0.15) is 12.1 Å². The molecule has 7 nitrogen and oxygen atoms in total. The number of carbonyl (C=O) groups excluding carboxylic acids is 1. The predicted molar refractivity (Wildman–Crippen MR) is 125 cm³/mol. The molecule has 0 radical (unpaired) electrons. The molecular formula is C22H28BrN5O2S. The first-order chi connectivity index (χ1) is 15.0. The molecule has 0 saturated carbocycles. The van der Waals surface area contributed by atoms with E-state index in [1.807, 2.05) is 11.0 Å². The Morgan fingerprint density at radius 3 is 2.77 bits per heavy atom. The van der Waals surface area contributed by atoms with E-state index in [0.717, 1.165) is 58.2 Å². The normalized spacial score (nSPS) is 26.9. The van der Waals surface area contributed by atoms with Crippen molar-refractivity contribution in [3.05, 3.63) is 38.4 Å². The van der Waals surface area contributed by atoms with Gasteiger partial charge in [0.15, 0.2) is 0 Å². The molecule has 2 saturated heterocycles. The molecule has 2 fully saturated rings. The van der Waals surface area contributed by atoms with Crippen LogP contribution in [-0.4, -0.2) is 64.6 Å². The highest BCUT2D eigenvalue weighted by molar-refractivity contribution is 9.11. The number of piperazine rings is 1. The van der Waals surface area contributed by atoms with E-state index in [1.165, 1.54) is 0 Å². The number of anilines is 1. The summed E-state index contributed by atoms with van der Waals surface area (Å²) in [5.41, 5.74) is 1.85. The lowest BCUT2D eigenvalue weighted by Gasteiger charge is -2.38. The van der Waals surface area contributed by atoms with E-state index in [2.05, 4.69) is 49.1 Å². The standard InChI is InChI=1S/C22H28BrN5O2S/c1-13-11-15(29)20-18(13)21(26-12-25-20)27-7-9-28(10-8-27)22(30)19(14-3-2-6-24-14)16-4-5-17(23)31-16/h4-5,12-15,19,24,29H,2-3,6-11H2,1H3/t13?,14-,15+,19+/m0/s1. The van der Waals surface area contributed by atoms with Crippen LogP contribution in [0.25, 0.3) is 0 Å². The maximum atomic E-state index is 13.6. The highest BCUT2D eigenvalue weighted by Gasteiger charge is 2.38. The number of hydrogen-bond acceptors (Lipinski definition) is 7. The maximum Gasteiger partial charge on any atom is 0.232 e. The summed E-state index contributed by atoms with van der Waals surface area (Å²) in [4.78, 5) is 27.9. The molecule has 31 heavy (non-hydrogen) atoms. The number of halogens is 1. The first kappa shape index (κ1) is 21.3. The van der Waals surface area contributed by atoms with Gasteiger partial charge in [0.25, 0.3) is 0 Å². The number of fused-ring (bicyclic) bond motifs is 1. The van der Waals surface area contributed by atoms with E-state index in [9.17, 15) is 9.90 Å². The molecule has 4 atom stereocenters. The molecule has 9 heteroatoms. The van der Waals surface area contributed by atoms with Crippen molar-refractivity contribution < 1.29 is 9.90 Å². The van der Waals surface area contributed by atoms with Gasteiger partial charge in [-0.1, -0.05) is 6.92 Å². The molecule has 2 aromatic rings. The SMILES string of the molecule is CC1C[C@@H](O)c2ncnc(N3CCN(C(=O)[C@@H](c4ccc(Br)s4)[C@@H]4CCCN4)CC3)c21. The Morgan fingerprint density at radius 1 is 1.29 bits per heavy atom. The second-order valence-electron chi connectivity index (χ2n) is 8.78.